The van der Waals surface area contributed by atoms with E-state index in [-0.39, 0.29) is 5.75 Å². The molecule has 0 saturated heterocycles. The fourth-order valence-corrected chi connectivity index (χ4v) is 2.70. The first-order valence-electron chi connectivity index (χ1n) is 7.93. The smallest absolute Gasteiger partial charge is 0.160 e. The number of phenols is 1. The maximum absolute atomic E-state index is 9.85. The first-order chi connectivity index (χ1) is 11.5. The summed E-state index contributed by atoms with van der Waals surface area (Å²) in [4.78, 5) is 4.57. The van der Waals surface area contributed by atoms with E-state index in [2.05, 4.69) is 15.4 Å². The van der Waals surface area contributed by atoms with Gasteiger partial charge >= 0.3 is 0 Å². The van der Waals surface area contributed by atoms with E-state index in [9.17, 15) is 5.11 Å². The van der Waals surface area contributed by atoms with Crippen LogP contribution in [0.2, 0.25) is 0 Å². The molecule has 0 amide bonds. The molecule has 0 radical (unpaired) electrons. The second kappa shape index (κ2) is 6.39. The van der Waals surface area contributed by atoms with Crippen molar-refractivity contribution in [2.24, 2.45) is 0 Å². The SMILES string of the molecule is COc1ccc(CCNc2cc(C)nc3c(C)c(C)nn23)cc1O. The van der Waals surface area contributed by atoms with Crippen molar-refractivity contribution < 1.29 is 9.84 Å². The summed E-state index contributed by atoms with van der Waals surface area (Å²) in [6.07, 6.45) is 0.777. The number of aryl methyl sites for hydroxylation is 3. The van der Waals surface area contributed by atoms with Crippen LogP contribution in [-0.2, 0) is 6.42 Å². The molecule has 0 spiro atoms. The van der Waals surface area contributed by atoms with E-state index in [1.807, 2.05) is 37.4 Å². The Morgan fingerprint density at radius 3 is 2.71 bits per heavy atom. The van der Waals surface area contributed by atoms with Gasteiger partial charge < -0.3 is 15.2 Å². The van der Waals surface area contributed by atoms with Crippen LogP contribution < -0.4 is 10.1 Å². The summed E-state index contributed by atoms with van der Waals surface area (Å²) < 4.78 is 6.91. The molecule has 0 fully saturated rings. The molecule has 0 atom stereocenters. The van der Waals surface area contributed by atoms with E-state index in [1.165, 1.54) is 0 Å². The van der Waals surface area contributed by atoms with Gasteiger partial charge in [0.2, 0.25) is 0 Å². The molecule has 2 heterocycles. The Morgan fingerprint density at radius 2 is 2.00 bits per heavy atom. The summed E-state index contributed by atoms with van der Waals surface area (Å²) in [6, 6.07) is 7.45. The maximum atomic E-state index is 9.85. The zero-order valence-electron chi connectivity index (χ0n) is 14.4. The minimum atomic E-state index is 0.162. The number of methoxy groups -OCH3 is 1. The average Bonchev–Trinajstić information content (AvgIpc) is 2.83. The molecule has 2 aromatic heterocycles. The lowest BCUT2D eigenvalue weighted by atomic mass is 10.1. The fraction of sp³-hybridized carbons (Fsp3) is 0.333. The Labute approximate surface area is 141 Å². The van der Waals surface area contributed by atoms with Crippen LogP contribution in [0.1, 0.15) is 22.5 Å². The van der Waals surface area contributed by atoms with Crippen molar-refractivity contribution >= 4 is 11.5 Å². The third kappa shape index (κ3) is 2.99. The molecule has 3 rings (SSSR count). The van der Waals surface area contributed by atoms with Crippen LogP contribution in [0.25, 0.3) is 5.65 Å². The summed E-state index contributed by atoms with van der Waals surface area (Å²) in [7, 11) is 1.54. The van der Waals surface area contributed by atoms with Crippen LogP contribution in [0.3, 0.4) is 0 Å². The molecule has 126 valence electrons. The van der Waals surface area contributed by atoms with Gasteiger partial charge in [0.1, 0.15) is 5.82 Å². The first kappa shape index (κ1) is 16.1. The van der Waals surface area contributed by atoms with Gasteiger partial charge in [-0.15, -0.1) is 0 Å². The van der Waals surface area contributed by atoms with E-state index in [0.717, 1.165) is 46.9 Å². The highest BCUT2D eigenvalue weighted by Crippen LogP contribution is 2.26. The summed E-state index contributed by atoms with van der Waals surface area (Å²) in [6.45, 7) is 6.73. The lowest BCUT2D eigenvalue weighted by Crippen LogP contribution is -2.10. The number of hydrogen-bond donors (Lipinski definition) is 2. The van der Waals surface area contributed by atoms with Gasteiger partial charge in [-0.25, -0.2) is 4.98 Å². The molecule has 0 saturated carbocycles. The lowest BCUT2D eigenvalue weighted by Gasteiger charge is -2.10. The number of hydrogen-bond acceptors (Lipinski definition) is 5. The molecular formula is C18H22N4O2. The molecule has 0 aliphatic carbocycles. The number of anilines is 1. The highest BCUT2D eigenvalue weighted by molar-refractivity contribution is 5.56. The molecule has 6 heteroatoms. The monoisotopic (exact) mass is 326 g/mol. The van der Waals surface area contributed by atoms with Crippen molar-refractivity contribution in [1.29, 1.82) is 0 Å². The number of benzene rings is 1. The third-order valence-corrected chi connectivity index (χ3v) is 4.15. The predicted molar refractivity (Wildman–Crippen MR) is 94.1 cm³/mol. The van der Waals surface area contributed by atoms with Gasteiger partial charge in [-0.2, -0.15) is 9.61 Å². The van der Waals surface area contributed by atoms with Crippen molar-refractivity contribution in [1.82, 2.24) is 14.6 Å². The summed E-state index contributed by atoms with van der Waals surface area (Å²) in [5, 5.41) is 17.8. The first-order valence-corrected chi connectivity index (χ1v) is 7.93. The van der Waals surface area contributed by atoms with Crippen LogP contribution in [0, 0.1) is 20.8 Å². The van der Waals surface area contributed by atoms with Crippen molar-refractivity contribution in [3.8, 4) is 11.5 Å². The van der Waals surface area contributed by atoms with Crippen LogP contribution >= 0.6 is 0 Å². The molecule has 0 unspecified atom stereocenters. The fourth-order valence-electron chi connectivity index (χ4n) is 2.70. The quantitative estimate of drug-likeness (QED) is 0.754. The normalized spacial score (nSPS) is 11.0. The zero-order chi connectivity index (χ0) is 17.3. The Bertz CT molecular complexity index is 886. The number of nitrogens with zero attached hydrogens (tertiary/aromatic N) is 3. The third-order valence-electron chi connectivity index (χ3n) is 4.15. The van der Waals surface area contributed by atoms with Crippen LogP contribution in [0.5, 0.6) is 11.5 Å². The largest absolute Gasteiger partial charge is 0.504 e. The van der Waals surface area contributed by atoms with E-state index in [0.29, 0.717) is 5.75 Å². The molecule has 0 aliphatic heterocycles. The topological polar surface area (TPSA) is 71.7 Å². The molecule has 0 bridgehead atoms. The average molecular weight is 326 g/mol. The van der Waals surface area contributed by atoms with Gasteiger partial charge in [0, 0.05) is 23.9 Å². The van der Waals surface area contributed by atoms with E-state index in [4.69, 9.17) is 4.74 Å². The van der Waals surface area contributed by atoms with E-state index in [1.54, 1.807) is 19.2 Å². The van der Waals surface area contributed by atoms with Crippen LogP contribution in [0.15, 0.2) is 24.3 Å². The van der Waals surface area contributed by atoms with Gasteiger partial charge in [-0.3, -0.25) is 0 Å². The Kier molecular flexibility index (Phi) is 4.29. The molecule has 3 aromatic rings. The number of fused-ring (bicyclic) bond motifs is 1. The Morgan fingerprint density at radius 1 is 1.21 bits per heavy atom. The number of aromatic hydroxyl groups is 1. The number of phenolic OH excluding ortho intramolecular Hbond substituents is 1. The number of rotatable bonds is 5. The Balaban J connectivity index is 1.76. The Hall–Kier alpha value is -2.76. The lowest BCUT2D eigenvalue weighted by molar-refractivity contribution is 0.373. The second-order valence-corrected chi connectivity index (χ2v) is 5.91. The van der Waals surface area contributed by atoms with Gasteiger partial charge in [-0.05, 0) is 44.9 Å². The highest BCUT2D eigenvalue weighted by atomic mass is 16.5. The van der Waals surface area contributed by atoms with Gasteiger partial charge in [0.15, 0.2) is 17.1 Å². The standard InChI is InChI=1S/C18H22N4O2/c1-11-9-17(22-18(20-11)12(2)13(3)21-22)19-8-7-14-5-6-16(24-4)15(23)10-14/h5-6,9-10,19,23H,7-8H2,1-4H3. The summed E-state index contributed by atoms with van der Waals surface area (Å²) in [5.41, 5.74) is 4.96. The minimum Gasteiger partial charge on any atom is -0.504 e. The summed E-state index contributed by atoms with van der Waals surface area (Å²) >= 11 is 0. The van der Waals surface area contributed by atoms with Crippen molar-refractivity contribution in [2.45, 2.75) is 27.2 Å². The maximum Gasteiger partial charge on any atom is 0.160 e. The number of aromatic nitrogens is 3. The van der Waals surface area contributed by atoms with Crippen molar-refractivity contribution in [2.75, 3.05) is 19.0 Å². The van der Waals surface area contributed by atoms with Crippen LogP contribution in [-0.4, -0.2) is 33.4 Å². The molecule has 0 aliphatic rings. The summed E-state index contributed by atoms with van der Waals surface area (Å²) in [5.74, 6) is 1.57. The predicted octanol–water partition coefficient (Wildman–Crippen LogP) is 3.02. The number of nitrogens with one attached hydrogen (secondary N) is 1. The zero-order valence-corrected chi connectivity index (χ0v) is 14.4. The van der Waals surface area contributed by atoms with Crippen LogP contribution in [0.4, 0.5) is 5.82 Å². The van der Waals surface area contributed by atoms with E-state index < -0.39 is 0 Å². The molecule has 24 heavy (non-hydrogen) atoms. The minimum absolute atomic E-state index is 0.162. The van der Waals surface area contributed by atoms with Gasteiger partial charge in [0.05, 0.1) is 12.8 Å². The molecule has 2 N–H and O–H groups in total. The van der Waals surface area contributed by atoms with Crippen molar-refractivity contribution in [3.05, 3.63) is 46.8 Å². The number of ether oxygens (including phenoxy) is 1. The second-order valence-electron chi connectivity index (χ2n) is 5.91. The van der Waals surface area contributed by atoms with Gasteiger partial charge in [0.25, 0.3) is 0 Å². The van der Waals surface area contributed by atoms with Crippen molar-refractivity contribution in [3.63, 3.8) is 0 Å². The molecule has 6 nitrogen and oxygen atoms in total. The highest BCUT2D eigenvalue weighted by Gasteiger charge is 2.10. The molecular weight excluding hydrogens is 304 g/mol. The van der Waals surface area contributed by atoms with E-state index >= 15 is 0 Å². The molecule has 1 aromatic carbocycles. The van der Waals surface area contributed by atoms with Gasteiger partial charge in [-0.1, -0.05) is 6.07 Å².